The summed E-state index contributed by atoms with van der Waals surface area (Å²) in [5, 5.41) is 60.6. The zero-order chi connectivity index (χ0) is 39.1. The van der Waals surface area contributed by atoms with Crippen molar-refractivity contribution in [2.24, 2.45) is 5.10 Å². The maximum absolute atomic E-state index is 14.0. The first-order valence-electron chi connectivity index (χ1n) is 17.6. The molecule has 1 fully saturated rings. The Kier molecular flexibility index (Phi) is 12.5. The predicted octanol–water partition coefficient (Wildman–Crippen LogP) is -3.32. The Morgan fingerprint density at radius 2 is 1.75 bits per heavy atom. The molecule has 6 atom stereocenters. The topological polar surface area (TPSA) is 269 Å². The number of aliphatic hydroxyl groups is 3. The van der Waals surface area contributed by atoms with Gasteiger partial charge in [0.15, 0.2) is 12.1 Å². The quantitative estimate of drug-likeness (QED) is 0.0312. The molecule has 2 heterocycles. The third-order valence-electron chi connectivity index (χ3n) is 10.4. The van der Waals surface area contributed by atoms with E-state index < -0.39 is 95.8 Å². The van der Waals surface area contributed by atoms with E-state index in [2.05, 4.69) is 16.3 Å². The number of halogens is 1. The second kappa shape index (κ2) is 16.5. The predicted molar refractivity (Wildman–Crippen MR) is 185 cm³/mol. The summed E-state index contributed by atoms with van der Waals surface area (Å²) in [5.74, 6) is -4.18. The van der Waals surface area contributed by atoms with Crippen molar-refractivity contribution in [2.45, 2.75) is 88.1 Å². The number of phenolic OH excluding ortho intramolecular Hbond substituents is 2. The number of hydrazone groups is 1. The molecule has 3 amide bonds. The van der Waals surface area contributed by atoms with Crippen LogP contribution in [0.5, 0.6) is 17.2 Å². The number of quaternary nitrogens is 1. The highest BCUT2D eigenvalue weighted by molar-refractivity contribution is 6.31. The number of hydrogen-bond donors (Lipinski definition) is 7. The Morgan fingerprint density at radius 3 is 2.40 bits per heavy atom. The van der Waals surface area contributed by atoms with E-state index in [0.29, 0.717) is 19.3 Å². The largest absolute Gasteiger partial charge is 1.00 e. The van der Waals surface area contributed by atoms with Gasteiger partial charge in [0.25, 0.3) is 11.8 Å². The number of methoxy groups -OCH3 is 1. The second-order valence-electron chi connectivity index (χ2n) is 13.9. The molecule has 0 aromatic heterocycles. The first-order valence-corrected chi connectivity index (χ1v) is 17.6. The van der Waals surface area contributed by atoms with Gasteiger partial charge in [-0.1, -0.05) is 18.6 Å². The molecule has 1 saturated heterocycles. The number of imide groups is 1. The van der Waals surface area contributed by atoms with E-state index in [-0.39, 0.29) is 77.3 Å². The molecule has 2 aromatic carbocycles. The van der Waals surface area contributed by atoms with Gasteiger partial charge in [0.05, 0.1) is 54.7 Å². The van der Waals surface area contributed by atoms with Gasteiger partial charge in [0.2, 0.25) is 11.7 Å². The van der Waals surface area contributed by atoms with Gasteiger partial charge in [-0.3, -0.25) is 28.9 Å². The number of nitrogens with zero attached hydrogens (tertiary/aromatic N) is 2. The van der Waals surface area contributed by atoms with Gasteiger partial charge in [-0.05, 0) is 25.8 Å². The zero-order valence-electron chi connectivity index (χ0n) is 30.1. The number of phenols is 2. The number of hydrogen-bond acceptors (Lipinski definition) is 14. The maximum atomic E-state index is 14.0. The van der Waals surface area contributed by atoms with E-state index in [9.17, 15) is 49.5 Å². The van der Waals surface area contributed by atoms with Crippen LogP contribution in [-0.2, 0) is 30.3 Å². The summed E-state index contributed by atoms with van der Waals surface area (Å²) in [6, 6.07) is 3.84. The van der Waals surface area contributed by atoms with Crippen LogP contribution < -0.4 is 28.3 Å². The summed E-state index contributed by atoms with van der Waals surface area (Å²) >= 11 is 0. The first kappa shape index (κ1) is 41.4. The number of ether oxygens (including phenoxy) is 3. The third kappa shape index (κ3) is 7.73. The summed E-state index contributed by atoms with van der Waals surface area (Å²) in [5.41, 5.74) is 2.41. The molecule has 18 heteroatoms. The number of unbranched alkanes of at least 4 members (excludes halogenated alkanes) is 2. The Labute approximate surface area is 321 Å². The average Bonchev–Trinajstić information content (AvgIpc) is 3.46. The Balaban J connectivity index is 0.00000580. The standard InChI is InChI=1S/C37H42N4O13.ClH/c1-17-32(46)20(38)13-27(53-17)54-22-15-37(51,23(16-42)39-40-24(43)9-4-3-5-12-41-25(44)10-11-26(41)45)14-19-29(22)36(50)31-30(34(19)48)33(47)18-7-6-8-21(52-2)28(18)35(31)49;/h6-8,10-11,17,20,22,27,32,42,46,48,50-51H,3-5,9,12-16,38H2,1-2H3,(H,40,43);1H/b39-23+;/t17-,20-,22-,27-,32+,37-;/m0./s1. The molecule has 6 rings (SSSR count). The minimum absolute atomic E-state index is 0. The molecular formula is C37H43ClN4O13. The maximum Gasteiger partial charge on any atom is 0.253 e. The summed E-state index contributed by atoms with van der Waals surface area (Å²) < 4.78 is 17.5. The van der Waals surface area contributed by atoms with Crippen LogP contribution in [0.1, 0.15) is 94.5 Å². The third-order valence-corrected chi connectivity index (χ3v) is 10.4. The van der Waals surface area contributed by atoms with E-state index in [1.165, 1.54) is 37.5 Å². The number of aliphatic hydroxyl groups excluding tert-OH is 2. The number of benzene rings is 2. The minimum atomic E-state index is -2.15. The molecule has 296 valence electrons. The van der Waals surface area contributed by atoms with Crippen molar-refractivity contribution in [2.75, 3.05) is 20.3 Å². The number of rotatable bonds is 12. The molecule has 0 bridgehead atoms. The van der Waals surface area contributed by atoms with Crippen LogP contribution in [-0.4, -0.2) is 116 Å². The van der Waals surface area contributed by atoms with Crippen molar-refractivity contribution >= 4 is 35.0 Å². The van der Waals surface area contributed by atoms with Gasteiger partial charge < -0.3 is 57.9 Å². The Hall–Kier alpha value is -4.75. The van der Waals surface area contributed by atoms with Crippen molar-refractivity contribution in [1.82, 2.24) is 10.3 Å². The lowest BCUT2D eigenvalue weighted by molar-refractivity contribution is -0.466. The van der Waals surface area contributed by atoms with Gasteiger partial charge in [0.1, 0.15) is 35.0 Å². The number of ketones is 2. The molecule has 17 nitrogen and oxygen atoms in total. The lowest BCUT2D eigenvalue weighted by Crippen LogP contribution is -3.00. The molecule has 2 aliphatic heterocycles. The fourth-order valence-electron chi connectivity index (χ4n) is 7.53. The smallest absolute Gasteiger partial charge is 0.253 e. The van der Waals surface area contributed by atoms with Crippen molar-refractivity contribution in [1.29, 1.82) is 0 Å². The van der Waals surface area contributed by atoms with Crippen LogP contribution in [0, 0.1) is 0 Å². The summed E-state index contributed by atoms with van der Waals surface area (Å²) in [6.45, 7) is 0.964. The molecule has 2 aliphatic carbocycles. The van der Waals surface area contributed by atoms with E-state index in [1.54, 1.807) is 6.92 Å². The molecule has 9 N–H and O–H groups in total. The van der Waals surface area contributed by atoms with Gasteiger partial charge in [0, 0.05) is 54.6 Å². The number of fused-ring (bicyclic) bond motifs is 3. The lowest BCUT2D eigenvalue weighted by Gasteiger charge is -2.42. The monoisotopic (exact) mass is 786 g/mol. The van der Waals surface area contributed by atoms with Gasteiger partial charge in [-0.2, -0.15) is 5.10 Å². The molecule has 0 unspecified atom stereocenters. The second-order valence-corrected chi connectivity index (χ2v) is 13.9. The number of nitrogens with one attached hydrogen (secondary N) is 1. The summed E-state index contributed by atoms with van der Waals surface area (Å²) in [7, 11) is 1.32. The van der Waals surface area contributed by atoms with Crippen LogP contribution in [0.25, 0.3) is 0 Å². The molecule has 0 saturated carbocycles. The number of amides is 3. The van der Waals surface area contributed by atoms with Gasteiger partial charge in [-0.15, -0.1) is 0 Å². The average molecular weight is 787 g/mol. The molecule has 0 spiro atoms. The number of aromatic hydroxyl groups is 2. The van der Waals surface area contributed by atoms with Gasteiger partial charge in [-0.25, -0.2) is 5.43 Å². The normalized spacial score (nSPS) is 26.0. The van der Waals surface area contributed by atoms with E-state index in [4.69, 9.17) is 14.2 Å². The SMILES string of the molecule is COc1cccc2c1C(=O)c1c(O)c3c(c(O)c1C2=O)C[C@@](O)(/C(CO)=N/NC(=O)CCCCCN1C(=O)C=CC1=O)C[C@@H]3O[C@H]1C[C@H]([NH3+])[C@H](O)[C@H](C)O1.[Cl-]. The number of carbonyl (C=O) groups is 5. The highest BCUT2D eigenvalue weighted by Crippen LogP contribution is 2.52. The van der Waals surface area contributed by atoms with E-state index in [0.717, 1.165) is 4.90 Å². The molecule has 55 heavy (non-hydrogen) atoms. The van der Waals surface area contributed by atoms with Crippen molar-refractivity contribution in [3.63, 3.8) is 0 Å². The molecular weight excluding hydrogens is 744 g/mol. The lowest BCUT2D eigenvalue weighted by atomic mass is 9.71. The first-order chi connectivity index (χ1) is 25.7. The van der Waals surface area contributed by atoms with Crippen LogP contribution >= 0.6 is 0 Å². The van der Waals surface area contributed by atoms with Crippen LogP contribution in [0.15, 0.2) is 35.5 Å². The van der Waals surface area contributed by atoms with Crippen molar-refractivity contribution in [3.8, 4) is 17.2 Å². The molecule has 0 radical (unpaired) electrons. The van der Waals surface area contributed by atoms with E-state index in [1.807, 2.05) is 0 Å². The fraction of sp³-hybridized carbons (Fsp3) is 0.459. The zero-order valence-corrected chi connectivity index (χ0v) is 30.9. The highest BCUT2D eigenvalue weighted by Gasteiger charge is 2.50. The minimum Gasteiger partial charge on any atom is -1.00 e. The Bertz CT molecular complexity index is 1940. The highest BCUT2D eigenvalue weighted by atomic mass is 35.5. The van der Waals surface area contributed by atoms with Crippen LogP contribution in [0.2, 0.25) is 0 Å². The van der Waals surface area contributed by atoms with Gasteiger partial charge >= 0.3 is 0 Å². The molecule has 4 aliphatic rings. The molecule has 2 aromatic rings. The van der Waals surface area contributed by atoms with Crippen LogP contribution in [0.3, 0.4) is 0 Å². The Morgan fingerprint density at radius 1 is 1.05 bits per heavy atom. The summed E-state index contributed by atoms with van der Waals surface area (Å²) in [6.07, 6.45) is -1.13. The van der Waals surface area contributed by atoms with E-state index >= 15 is 0 Å². The van der Waals surface area contributed by atoms with Crippen LogP contribution in [0.4, 0.5) is 0 Å². The fourth-order valence-corrected chi connectivity index (χ4v) is 7.53. The number of carbonyl (C=O) groups excluding carboxylic acids is 5. The van der Waals surface area contributed by atoms with Crippen molar-refractivity contribution in [3.05, 3.63) is 63.7 Å². The summed E-state index contributed by atoms with van der Waals surface area (Å²) in [4.78, 5) is 65.1. The van der Waals surface area contributed by atoms with Crippen molar-refractivity contribution < 1.29 is 81.9 Å².